The van der Waals surface area contributed by atoms with Crippen LogP contribution in [-0.4, -0.2) is 5.78 Å². The number of halogens is 1. The van der Waals surface area contributed by atoms with Crippen molar-refractivity contribution in [2.75, 3.05) is 0 Å². The van der Waals surface area contributed by atoms with Gasteiger partial charge in [0.2, 0.25) is 0 Å². The molecule has 0 radical (unpaired) electrons. The van der Waals surface area contributed by atoms with Gasteiger partial charge >= 0.3 is 0 Å². The Labute approximate surface area is 108 Å². The van der Waals surface area contributed by atoms with Crippen LogP contribution in [0.4, 0.5) is 4.39 Å². The van der Waals surface area contributed by atoms with Gasteiger partial charge in [-0.05, 0) is 29.1 Å². The molecule has 0 aliphatic rings. The van der Waals surface area contributed by atoms with E-state index in [-0.39, 0.29) is 18.0 Å². The molecule has 0 bridgehead atoms. The molecule has 1 aromatic carbocycles. The first-order chi connectivity index (χ1) is 8.70. The summed E-state index contributed by atoms with van der Waals surface area (Å²) in [6.45, 7) is 0. The van der Waals surface area contributed by atoms with Gasteiger partial charge in [0.05, 0.1) is 16.9 Å². The summed E-state index contributed by atoms with van der Waals surface area (Å²) >= 11 is 1.36. The predicted octanol–water partition coefficient (Wildman–Crippen LogP) is 3.77. The van der Waals surface area contributed by atoms with Crippen LogP contribution in [0.1, 0.15) is 27.6 Å². The number of rotatable bonds is 4. The molecule has 0 saturated carbocycles. The molecule has 0 saturated heterocycles. The topological polar surface area (TPSA) is 40.9 Å². The highest BCUT2D eigenvalue weighted by Gasteiger charge is 2.17. The first-order valence-electron chi connectivity index (χ1n) is 5.42. The standard InChI is InChI=1S/C14H10FNOS/c15-12-5-3-10(4-6-12)11(9-16)8-13(17)14-2-1-7-18-14/h1-7,11H,8H2. The zero-order chi connectivity index (χ0) is 13.0. The van der Waals surface area contributed by atoms with Crippen molar-refractivity contribution in [1.29, 1.82) is 5.26 Å². The van der Waals surface area contributed by atoms with E-state index in [1.54, 1.807) is 24.3 Å². The lowest BCUT2D eigenvalue weighted by molar-refractivity contribution is 0.0983. The van der Waals surface area contributed by atoms with Gasteiger partial charge < -0.3 is 0 Å². The van der Waals surface area contributed by atoms with Gasteiger partial charge in [0.1, 0.15) is 5.82 Å². The largest absolute Gasteiger partial charge is 0.293 e. The number of Topliss-reactive ketones (excluding diaryl/α,β-unsaturated/α-hetero) is 1. The maximum Gasteiger partial charge on any atom is 0.174 e. The molecule has 0 N–H and O–H groups in total. The molecule has 90 valence electrons. The minimum atomic E-state index is -0.528. The molecular formula is C14H10FNOS. The third kappa shape index (κ3) is 2.82. The van der Waals surface area contributed by atoms with Gasteiger partial charge in [0, 0.05) is 6.42 Å². The second-order valence-electron chi connectivity index (χ2n) is 3.84. The van der Waals surface area contributed by atoms with Crippen molar-refractivity contribution in [1.82, 2.24) is 0 Å². The number of carbonyl (C=O) groups is 1. The van der Waals surface area contributed by atoms with Gasteiger partial charge in [-0.15, -0.1) is 11.3 Å². The van der Waals surface area contributed by atoms with Gasteiger partial charge in [0.15, 0.2) is 5.78 Å². The lowest BCUT2D eigenvalue weighted by atomic mass is 9.95. The summed E-state index contributed by atoms with van der Waals surface area (Å²) in [5.74, 6) is -0.930. The molecular weight excluding hydrogens is 249 g/mol. The molecule has 2 aromatic rings. The number of ketones is 1. The molecule has 1 aromatic heterocycles. The van der Waals surface area contributed by atoms with Crippen LogP contribution in [0.2, 0.25) is 0 Å². The fourth-order valence-electron chi connectivity index (χ4n) is 1.66. The highest BCUT2D eigenvalue weighted by atomic mass is 32.1. The van der Waals surface area contributed by atoms with Crippen molar-refractivity contribution in [2.24, 2.45) is 0 Å². The molecule has 1 atom stereocenters. The van der Waals surface area contributed by atoms with Crippen LogP contribution in [0.15, 0.2) is 41.8 Å². The molecule has 0 fully saturated rings. The van der Waals surface area contributed by atoms with E-state index in [0.717, 1.165) is 0 Å². The number of thiophene rings is 1. The lowest BCUT2D eigenvalue weighted by Crippen LogP contribution is -2.05. The van der Waals surface area contributed by atoms with E-state index in [1.807, 2.05) is 5.38 Å². The first-order valence-corrected chi connectivity index (χ1v) is 6.30. The van der Waals surface area contributed by atoms with Crippen LogP contribution in [-0.2, 0) is 0 Å². The molecule has 0 aliphatic heterocycles. The second kappa shape index (κ2) is 5.56. The Morgan fingerprint density at radius 3 is 2.61 bits per heavy atom. The van der Waals surface area contributed by atoms with Gasteiger partial charge in [-0.1, -0.05) is 18.2 Å². The van der Waals surface area contributed by atoms with Crippen LogP contribution >= 0.6 is 11.3 Å². The summed E-state index contributed by atoms with van der Waals surface area (Å²) in [5, 5.41) is 10.9. The monoisotopic (exact) mass is 259 g/mol. The highest BCUT2D eigenvalue weighted by molar-refractivity contribution is 7.12. The average Bonchev–Trinajstić information content (AvgIpc) is 2.91. The first kappa shape index (κ1) is 12.5. The zero-order valence-electron chi connectivity index (χ0n) is 9.47. The quantitative estimate of drug-likeness (QED) is 0.784. The molecule has 2 rings (SSSR count). The van der Waals surface area contributed by atoms with E-state index in [4.69, 9.17) is 5.26 Å². The van der Waals surface area contributed by atoms with Gasteiger partial charge in [0.25, 0.3) is 0 Å². The molecule has 2 nitrogen and oxygen atoms in total. The van der Waals surface area contributed by atoms with E-state index in [0.29, 0.717) is 10.4 Å². The number of benzene rings is 1. The summed E-state index contributed by atoms with van der Waals surface area (Å²) < 4.78 is 12.8. The summed E-state index contributed by atoms with van der Waals surface area (Å²) in [5.41, 5.74) is 0.670. The minimum absolute atomic E-state index is 0.0547. The van der Waals surface area contributed by atoms with Crippen molar-refractivity contribution in [3.8, 4) is 6.07 Å². The van der Waals surface area contributed by atoms with Crippen molar-refractivity contribution in [2.45, 2.75) is 12.3 Å². The summed E-state index contributed by atoms with van der Waals surface area (Å²) in [7, 11) is 0. The van der Waals surface area contributed by atoms with E-state index >= 15 is 0 Å². The highest BCUT2D eigenvalue weighted by Crippen LogP contribution is 2.23. The lowest BCUT2D eigenvalue weighted by Gasteiger charge is -2.07. The van der Waals surface area contributed by atoms with Gasteiger partial charge in [-0.2, -0.15) is 5.26 Å². The Balaban J connectivity index is 2.13. The number of nitriles is 1. The number of hydrogen-bond acceptors (Lipinski definition) is 3. The third-order valence-electron chi connectivity index (χ3n) is 2.61. The van der Waals surface area contributed by atoms with Gasteiger partial charge in [-0.3, -0.25) is 4.79 Å². The normalized spacial score (nSPS) is 11.8. The molecule has 4 heteroatoms. The molecule has 0 amide bonds. The van der Waals surface area contributed by atoms with Crippen LogP contribution in [0.5, 0.6) is 0 Å². The van der Waals surface area contributed by atoms with E-state index in [9.17, 15) is 9.18 Å². The molecule has 18 heavy (non-hydrogen) atoms. The third-order valence-corrected chi connectivity index (χ3v) is 3.52. The zero-order valence-corrected chi connectivity index (χ0v) is 10.3. The predicted molar refractivity (Wildman–Crippen MR) is 68.0 cm³/mol. The van der Waals surface area contributed by atoms with Crippen LogP contribution in [0.25, 0.3) is 0 Å². The van der Waals surface area contributed by atoms with Crippen molar-refractivity contribution in [3.05, 3.63) is 58.0 Å². The minimum Gasteiger partial charge on any atom is -0.293 e. The fraction of sp³-hybridized carbons (Fsp3) is 0.143. The van der Waals surface area contributed by atoms with Crippen molar-refractivity contribution < 1.29 is 9.18 Å². The summed E-state index contributed by atoms with van der Waals surface area (Å²) in [4.78, 5) is 12.6. The van der Waals surface area contributed by atoms with Crippen LogP contribution < -0.4 is 0 Å². The fourth-order valence-corrected chi connectivity index (χ4v) is 2.33. The average molecular weight is 259 g/mol. The van der Waals surface area contributed by atoms with Crippen LogP contribution in [0.3, 0.4) is 0 Å². The van der Waals surface area contributed by atoms with E-state index in [2.05, 4.69) is 6.07 Å². The van der Waals surface area contributed by atoms with Crippen molar-refractivity contribution >= 4 is 17.1 Å². The Bertz CT molecular complexity index is 569. The van der Waals surface area contributed by atoms with Crippen LogP contribution in [0, 0.1) is 17.1 Å². The van der Waals surface area contributed by atoms with E-state index < -0.39 is 5.92 Å². The number of nitrogens with zero attached hydrogens (tertiary/aromatic N) is 1. The van der Waals surface area contributed by atoms with Crippen molar-refractivity contribution in [3.63, 3.8) is 0 Å². The molecule has 0 spiro atoms. The summed E-state index contributed by atoms with van der Waals surface area (Å²) in [6.07, 6.45) is 0.128. The van der Waals surface area contributed by atoms with Gasteiger partial charge in [-0.25, -0.2) is 4.39 Å². The Hall–Kier alpha value is -1.99. The maximum absolute atomic E-state index is 12.8. The Morgan fingerprint density at radius 1 is 1.33 bits per heavy atom. The number of hydrogen-bond donors (Lipinski definition) is 0. The molecule has 1 unspecified atom stereocenters. The van der Waals surface area contributed by atoms with E-state index in [1.165, 1.54) is 23.5 Å². The Kier molecular flexibility index (Phi) is 3.85. The second-order valence-corrected chi connectivity index (χ2v) is 4.79. The molecule has 1 heterocycles. The molecule has 0 aliphatic carbocycles. The smallest absolute Gasteiger partial charge is 0.174 e. The number of carbonyl (C=O) groups excluding carboxylic acids is 1. The summed E-state index contributed by atoms with van der Waals surface area (Å²) in [6, 6.07) is 11.3. The Morgan fingerprint density at radius 2 is 2.06 bits per heavy atom. The SMILES string of the molecule is N#CC(CC(=O)c1cccs1)c1ccc(F)cc1. The maximum atomic E-state index is 12.8.